The lowest BCUT2D eigenvalue weighted by Gasteiger charge is -2.11. The van der Waals surface area contributed by atoms with Gasteiger partial charge in [0.2, 0.25) is 5.82 Å². The molecule has 2 rings (SSSR count). The summed E-state index contributed by atoms with van der Waals surface area (Å²) in [6.45, 7) is 2.64. The van der Waals surface area contributed by atoms with Gasteiger partial charge in [-0.1, -0.05) is 115 Å². The molecule has 0 bridgehead atoms. The number of nitrogens with zero attached hydrogens (tertiary/aromatic N) is 2. The molecule has 31 heavy (non-hydrogen) atoms. The number of fused-ring (bicyclic) bond motifs is 1. The number of para-hydroxylation sites is 2. The van der Waals surface area contributed by atoms with Gasteiger partial charge in [-0.2, -0.15) is 13.2 Å². The first-order valence-corrected chi connectivity index (χ1v) is 12.6. The van der Waals surface area contributed by atoms with E-state index in [0.717, 1.165) is 19.3 Å². The Balaban J connectivity index is 1.50. The first-order valence-electron chi connectivity index (χ1n) is 12.6. The van der Waals surface area contributed by atoms with E-state index in [1.807, 2.05) is 0 Å². The van der Waals surface area contributed by atoms with Gasteiger partial charge >= 0.3 is 6.18 Å². The van der Waals surface area contributed by atoms with Gasteiger partial charge in [0, 0.05) is 6.54 Å². The van der Waals surface area contributed by atoms with Crippen molar-refractivity contribution in [3.63, 3.8) is 0 Å². The summed E-state index contributed by atoms with van der Waals surface area (Å²) in [5.41, 5.74) is 1.00. The maximum Gasteiger partial charge on any atom is 0.449 e. The molecular weight excluding hydrogens is 397 g/mol. The molecule has 1 aromatic heterocycles. The molecule has 0 saturated carbocycles. The zero-order chi connectivity index (χ0) is 22.4. The first kappa shape index (κ1) is 25.7. The second-order valence-corrected chi connectivity index (χ2v) is 8.88. The number of alkyl halides is 3. The van der Waals surface area contributed by atoms with Crippen molar-refractivity contribution in [3.05, 3.63) is 30.1 Å². The molecule has 0 unspecified atom stereocenters. The zero-order valence-corrected chi connectivity index (χ0v) is 19.4. The van der Waals surface area contributed by atoms with Gasteiger partial charge < -0.3 is 4.57 Å². The minimum absolute atomic E-state index is 0.383. The highest BCUT2D eigenvalue weighted by atomic mass is 19.4. The van der Waals surface area contributed by atoms with Gasteiger partial charge in [0.15, 0.2) is 0 Å². The van der Waals surface area contributed by atoms with Crippen molar-refractivity contribution in [3.8, 4) is 0 Å². The number of unbranched alkanes of at least 4 members (excludes halogenated alkanes) is 15. The van der Waals surface area contributed by atoms with Crippen molar-refractivity contribution >= 4 is 11.0 Å². The Morgan fingerprint density at radius 1 is 0.677 bits per heavy atom. The molecule has 1 heterocycles. The van der Waals surface area contributed by atoms with Gasteiger partial charge in [-0.25, -0.2) is 4.98 Å². The number of aromatic nitrogens is 2. The third kappa shape index (κ3) is 9.65. The van der Waals surface area contributed by atoms with Gasteiger partial charge in [-0.05, 0) is 18.6 Å². The second-order valence-electron chi connectivity index (χ2n) is 8.88. The molecule has 0 saturated heterocycles. The Bertz CT molecular complexity index is 721. The third-order valence-electron chi connectivity index (χ3n) is 6.14. The van der Waals surface area contributed by atoms with Crippen LogP contribution in [0.15, 0.2) is 24.3 Å². The molecule has 0 fully saturated rings. The average Bonchev–Trinajstić information content (AvgIpc) is 3.13. The van der Waals surface area contributed by atoms with Crippen LogP contribution in [0.1, 0.15) is 115 Å². The quantitative estimate of drug-likeness (QED) is 0.225. The van der Waals surface area contributed by atoms with Crippen LogP contribution in [0.2, 0.25) is 0 Å². The fraction of sp³-hybridized carbons (Fsp3) is 0.731. The summed E-state index contributed by atoms with van der Waals surface area (Å²) < 4.78 is 41.3. The van der Waals surface area contributed by atoms with Crippen molar-refractivity contribution in [2.24, 2.45) is 0 Å². The highest BCUT2D eigenvalue weighted by Crippen LogP contribution is 2.31. The number of benzene rings is 1. The van der Waals surface area contributed by atoms with Crippen molar-refractivity contribution in [2.45, 2.75) is 122 Å². The summed E-state index contributed by atoms with van der Waals surface area (Å²) in [4.78, 5) is 3.81. The molecule has 176 valence electrons. The van der Waals surface area contributed by atoms with Gasteiger partial charge in [0.05, 0.1) is 11.0 Å². The van der Waals surface area contributed by atoms with Crippen LogP contribution in [0, 0.1) is 0 Å². The molecule has 2 nitrogen and oxygen atoms in total. The smallest absolute Gasteiger partial charge is 0.320 e. The average molecular weight is 439 g/mol. The monoisotopic (exact) mass is 438 g/mol. The maximum absolute atomic E-state index is 13.3. The summed E-state index contributed by atoms with van der Waals surface area (Å²) in [5, 5.41) is 0. The van der Waals surface area contributed by atoms with Crippen molar-refractivity contribution in [1.29, 1.82) is 0 Å². The largest absolute Gasteiger partial charge is 0.449 e. The fourth-order valence-corrected chi connectivity index (χ4v) is 4.34. The Labute approximate surface area is 186 Å². The van der Waals surface area contributed by atoms with E-state index in [2.05, 4.69) is 11.9 Å². The number of hydrogen-bond acceptors (Lipinski definition) is 1. The van der Waals surface area contributed by atoms with Crippen LogP contribution < -0.4 is 0 Å². The second kappa shape index (κ2) is 14.5. The third-order valence-corrected chi connectivity index (χ3v) is 6.14. The normalized spacial score (nSPS) is 12.1. The minimum atomic E-state index is -4.41. The number of hydrogen-bond donors (Lipinski definition) is 0. The van der Waals surface area contributed by atoms with Gasteiger partial charge in [-0.15, -0.1) is 0 Å². The van der Waals surface area contributed by atoms with Crippen molar-refractivity contribution in [2.75, 3.05) is 0 Å². The minimum Gasteiger partial charge on any atom is -0.320 e. The van der Waals surface area contributed by atoms with Gasteiger partial charge in [0.1, 0.15) is 0 Å². The Morgan fingerprint density at radius 2 is 1.13 bits per heavy atom. The summed E-state index contributed by atoms with van der Waals surface area (Å²) in [5.74, 6) is -0.769. The lowest BCUT2D eigenvalue weighted by molar-refractivity contribution is -0.147. The standard InChI is InChI=1S/C26H41F3N2/c1-2-3-4-5-6-7-8-9-10-11-12-13-14-15-16-19-22-31-24-21-18-17-20-23(24)30-25(31)26(27,28)29/h17-18,20-21H,2-16,19,22H2,1H3. The van der Waals surface area contributed by atoms with Crippen molar-refractivity contribution in [1.82, 2.24) is 9.55 Å². The Morgan fingerprint density at radius 3 is 1.61 bits per heavy atom. The maximum atomic E-state index is 13.3. The van der Waals surface area contributed by atoms with Crippen LogP contribution in [-0.4, -0.2) is 9.55 Å². The van der Waals surface area contributed by atoms with Crippen LogP contribution in [0.4, 0.5) is 13.2 Å². The number of aryl methyl sites for hydroxylation is 1. The molecule has 0 spiro atoms. The SMILES string of the molecule is CCCCCCCCCCCCCCCCCCn1c(C(F)(F)F)nc2ccccc21. The summed E-state index contributed by atoms with van der Waals surface area (Å²) in [6.07, 6.45) is 15.9. The van der Waals surface area contributed by atoms with E-state index in [4.69, 9.17) is 0 Å². The zero-order valence-electron chi connectivity index (χ0n) is 19.4. The molecule has 2 aromatic rings. The highest BCUT2D eigenvalue weighted by molar-refractivity contribution is 5.76. The highest BCUT2D eigenvalue weighted by Gasteiger charge is 2.37. The topological polar surface area (TPSA) is 17.8 Å². The van der Waals surface area contributed by atoms with E-state index in [-0.39, 0.29) is 0 Å². The van der Waals surface area contributed by atoms with Crippen LogP contribution in [0.5, 0.6) is 0 Å². The van der Waals surface area contributed by atoms with Crippen LogP contribution in [-0.2, 0) is 12.7 Å². The summed E-state index contributed by atoms with van der Waals surface area (Å²) >= 11 is 0. The predicted octanol–water partition coefficient (Wildman–Crippen LogP) is 9.32. The van der Waals surface area contributed by atoms with Crippen LogP contribution in [0.3, 0.4) is 0 Å². The van der Waals surface area contributed by atoms with E-state index in [9.17, 15) is 13.2 Å². The van der Waals surface area contributed by atoms with E-state index >= 15 is 0 Å². The molecule has 0 radical (unpaired) electrons. The first-order chi connectivity index (χ1) is 15.0. The molecule has 1 aromatic carbocycles. The molecule has 0 amide bonds. The molecule has 0 aliphatic carbocycles. The molecule has 5 heteroatoms. The Hall–Kier alpha value is -1.52. The number of imidazole rings is 1. The van der Waals surface area contributed by atoms with Gasteiger partial charge in [0.25, 0.3) is 0 Å². The van der Waals surface area contributed by atoms with E-state index in [1.165, 1.54) is 88.0 Å². The number of rotatable bonds is 17. The molecule has 0 N–H and O–H groups in total. The van der Waals surface area contributed by atoms with E-state index in [1.54, 1.807) is 24.3 Å². The Kier molecular flexibility index (Phi) is 12.1. The molecule has 0 atom stereocenters. The fourth-order valence-electron chi connectivity index (χ4n) is 4.34. The summed E-state index contributed by atoms with van der Waals surface area (Å²) in [7, 11) is 0. The number of halogens is 3. The van der Waals surface area contributed by atoms with Crippen LogP contribution >= 0.6 is 0 Å². The van der Waals surface area contributed by atoms with Gasteiger partial charge in [-0.3, -0.25) is 0 Å². The van der Waals surface area contributed by atoms with E-state index < -0.39 is 12.0 Å². The summed E-state index contributed by atoms with van der Waals surface area (Å²) in [6, 6.07) is 6.88. The molecular formula is C26H41F3N2. The van der Waals surface area contributed by atoms with Crippen molar-refractivity contribution < 1.29 is 13.2 Å². The predicted molar refractivity (Wildman–Crippen MR) is 124 cm³/mol. The molecule has 0 aliphatic rings. The van der Waals surface area contributed by atoms with Crippen LogP contribution in [0.25, 0.3) is 11.0 Å². The lowest BCUT2D eigenvalue weighted by Crippen LogP contribution is -2.15. The molecule has 0 aliphatic heterocycles. The van der Waals surface area contributed by atoms with E-state index in [0.29, 0.717) is 17.6 Å². The lowest BCUT2D eigenvalue weighted by atomic mass is 10.0.